The minimum atomic E-state index is -0.242. The first-order valence-electron chi connectivity index (χ1n) is 10.3. The first-order valence-corrected chi connectivity index (χ1v) is 11.2. The summed E-state index contributed by atoms with van der Waals surface area (Å²) >= 11 is 1.48. The van der Waals surface area contributed by atoms with Crippen LogP contribution in [-0.4, -0.2) is 50.2 Å². The number of aromatic amines is 1. The largest absolute Gasteiger partial charge is 0.376 e. The Labute approximate surface area is 173 Å². The summed E-state index contributed by atoms with van der Waals surface area (Å²) in [5, 5.41) is 13.7. The Morgan fingerprint density at radius 2 is 2.21 bits per heavy atom. The Morgan fingerprint density at radius 3 is 3.00 bits per heavy atom. The van der Waals surface area contributed by atoms with Gasteiger partial charge in [-0.2, -0.15) is 0 Å². The Morgan fingerprint density at radius 1 is 1.34 bits per heavy atom. The van der Waals surface area contributed by atoms with Crippen LogP contribution in [0, 0.1) is 0 Å². The molecule has 0 radical (unpaired) electrons. The van der Waals surface area contributed by atoms with Crippen LogP contribution in [-0.2, 0) is 9.53 Å². The van der Waals surface area contributed by atoms with Crippen LogP contribution in [0.2, 0.25) is 0 Å². The van der Waals surface area contributed by atoms with E-state index in [1.807, 2.05) is 25.3 Å². The summed E-state index contributed by atoms with van der Waals surface area (Å²) in [7, 11) is 0. The molecule has 5 rings (SSSR count). The summed E-state index contributed by atoms with van der Waals surface area (Å²) in [5.74, 6) is 0.893. The first kappa shape index (κ1) is 18.7. The topological polar surface area (TPSA) is 84.8 Å². The van der Waals surface area contributed by atoms with Gasteiger partial charge in [0, 0.05) is 41.9 Å². The molecule has 152 valence electrons. The maximum atomic E-state index is 12.6. The van der Waals surface area contributed by atoms with Gasteiger partial charge in [0.1, 0.15) is 0 Å². The monoisotopic (exact) mass is 411 g/mol. The fourth-order valence-corrected chi connectivity index (χ4v) is 4.78. The van der Waals surface area contributed by atoms with Crippen molar-refractivity contribution in [2.45, 2.75) is 55.2 Å². The highest BCUT2D eigenvalue weighted by Crippen LogP contribution is 2.42. The summed E-state index contributed by atoms with van der Waals surface area (Å²) in [6, 6.07) is 8.63. The molecule has 3 aromatic rings. The second-order valence-electron chi connectivity index (χ2n) is 7.80. The quantitative estimate of drug-likeness (QED) is 0.581. The lowest BCUT2D eigenvalue weighted by atomic mass is 10.1. The standard InChI is InChI=1S/C21H25N5O2S/c1-13(20(27)23-11-15-5-4-10-28-15)29-21-25-24-19(26(21)14-8-9-14)17-12-22-18-7-3-2-6-16(17)18/h2-3,6-7,12-15,22H,4-5,8-11H2,1H3,(H,23,27)/t13-,15+/m1/s1. The number of amides is 1. The van der Waals surface area contributed by atoms with Gasteiger partial charge in [0.25, 0.3) is 0 Å². The molecule has 2 N–H and O–H groups in total. The number of nitrogens with zero attached hydrogens (tertiary/aromatic N) is 3. The van der Waals surface area contributed by atoms with Crippen LogP contribution in [0.5, 0.6) is 0 Å². The lowest BCUT2D eigenvalue weighted by Gasteiger charge is -2.15. The van der Waals surface area contributed by atoms with E-state index in [9.17, 15) is 4.79 Å². The maximum absolute atomic E-state index is 12.6. The van der Waals surface area contributed by atoms with Gasteiger partial charge in [0.15, 0.2) is 11.0 Å². The molecule has 1 aliphatic carbocycles. The molecule has 1 saturated carbocycles. The van der Waals surface area contributed by atoms with Crippen molar-refractivity contribution in [3.8, 4) is 11.4 Å². The number of benzene rings is 1. The van der Waals surface area contributed by atoms with Crippen molar-refractivity contribution in [2.24, 2.45) is 0 Å². The van der Waals surface area contributed by atoms with E-state index in [4.69, 9.17) is 4.74 Å². The number of aromatic nitrogens is 4. The number of carbonyl (C=O) groups is 1. The van der Waals surface area contributed by atoms with E-state index in [-0.39, 0.29) is 17.3 Å². The average Bonchev–Trinajstić information content (AvgIpc) is 3.13. The third-order valence-electron chi connectivity index (χ3n) is 5.59. The van der Waals surface area contributed by atoms with Crippen LogP contribution >= 0.6 is 11.8 Å². The van der Waals surface area contributed by atoms with Gasteiger partial charge in [0.05, 0.1) is 11.4 Å². The molecule has 8 heteroatoms. The lowest BCUT2D eigenvalue weighted by molar-refractivity contribution is -0.120. The number of fused-ring (bicyclic) bond motifs is 1. The highest BCUT2D eigenvalue weighted by atomic mass is 32.2. The average molecular weight is 412 g/mol. The summed E-state index contributed by atoms with van der Waals surface area (Å²) < 4.78 is 7.80. The van der Waals surface area contributed by atoms with E-state index in [1.165, 1.54) is 11.8 Å². The summed E-state index contributed by atoms with van der Waals surface area (Å²) in [5.41, 5.74) is 2.14. The summed E-state index contributed by atoms with van der Waals surface area (Å²) in [4.78, 5) is 15.9. The van der Waals surface area contributed by atoms with Crippen molar-refractivity contribution in [3.05, 3.63) is 30.5 Å². The molecule has 0 spiro atoms. The number of rotatable bonds is 7. The zero-order valence-electron chi connectivity index (χ0n) is 16.4. The van der Waals surface area contributed by atoms with Crippen molar-refractivity contribution in [3.63, 3.8) is 0 Å². The van der Waals surface area contributed by atoms with Gasteiger partial charge in [-0.3, -0.25) is 9.36 Å². The van der Waals surface area contributed by atoms with E-state index in [0.717, 1.165) is 59.7 Å². The Kier molecular flexibility index (Phi) is 5.05. The lowest BCUT2D eigenvalue weighted by Crippen LogP contribution is -2.36. The Balaban J connectivity index is 1.35. The highest BCUT2D eigenvalue weighted by Gasteiger charge is 2.32. The summed E-state index contributed by atoms with van der Waals surface area (Å²) in [6.07, 6.45) is 6.50. The minimum absolute atomic E-state index is 0.0180. The molecule has 29 heavy (non-hydrogen) atoms. The van der Waals surface area contributed by atoms with Gasteiger partial charge in [-0.05, 0) is 38.7 Å². The number of carbonyl (C=O) groups excluding carboxylic acids is 1. The molecule has 2 aliphatic rings. The smallest absolute Gasteiger partial charge is 0.233 e. The second-order valence-corrected chi connectivity index (χ2v) is 9.10. The number of hydrogen-bond donors (Lipinski definition) is 2. The van der Waals surface area contributed by atoms with Crippen molar-refractivity contribution in [1.82, 2.24) is 25.1 Å². The first-order chi connectivity index (χ1) is 14.2. The number of hydrogen-bond acceptors (Lipinski definition) is 5. The van der Waals surface area contributed by atoms with E-state index in [0.29, 0.717) is 12.6 Å². The van der Waals surface area contributed by atoms with Gasteiger partial charge < -0.3 is 15.0 Å². The second kappa shape index (κ2) is 7.84. The van der Waals surface area contributed by atoms with E-state index in [2.05, 4.69) is 37.2 Å². The molecule has 3 heterocycles. The number of ether oxygens (including phenoxy) is 1. The zero-order valence-corrected chi connectivity index (χ0v) is 17.2. The van der Waals surface area contributed by atoms with Crippen molar-refractivity contribution >= 4 is 28.6 Å². The van der Waals surface area contributed by atoms with Crippen LogP contribution in [0.15, 0.2) is 35.6 Å². The molecule has 0 bridgehead atoms. The molecule has 2 atom stereocenters. The molecule has 0 unspecified atom stereocenters. The van der Waals surface area contributed by atoms with Crippen LogP contribution < -0.4 is 5.32 Å². The normalized spacial score (nSPS) is 20.2. The van der Waals surface area contributed by atoms with E-state index >= 15 is 0 Å². The van der Waals surface area contributed by atoms with Gasteiger partial charge in [0.2, 0.25) is 5.91 Å². The van der Waals surface area contributed by atoms with Crippen molar-refractivity contribution in [2.75, 3.05) is 13.2 Å². The number of para-hydroxylation sites is 1. The molecular weight excluding hydrogens is 386 g/mol. The zero-order chi connectivity index (χ0) is 19.8. The molecule has 1 amide bonds. The molecule has 1 aliphatic heterocycles. The Hall–Kier alpha value is -2.32. The van der Waals surface area contributed by atoms with Gasteiger partial charge in [-0.1, -0.05) is 30.0 Å². The molecule has 7 nitrogen and oxygen atoms in total. The molecule has 2 fully saturated rings. The van der Waals surface area contributed by atoms with E-state index in [1.54, 1.807) is 0 Å². The van der Waals surface area contributed by atoms with Gasteiger partial charge in [-0.25, -0.2) is 0 Å². The SMILES string of the molecule is C[C@@H](Sc1nnc(-c2c[nH]c3ccccc23)n1C1CC1)C(=O)NC[C@@H]1CCCO1. The minimum Gasteiger partial charge on any atom is -0.376 e. The highest BCUT2D eigenvalue weighted by molar-refractivity contribution is 8.00. The fourth-order valence-electron chi connectivity index (χ4n) is 3.83. The molecule has 1 saturated heterocycles. The van der Waals surface area contributed by atoms with Crippen LogP contribution in [0.25, 0.3) is 22.3 Å². The number of thioether (sulfide) groups is 1. The maximum Gasteiger partial charge on any atom is 0.233 e. The van der Waals surface area contributed by atoms with E-state index < -0.39 is 0 Å². The predicted octanol–water partition coefficient (Wildman–Crippen LogP) is 3.54. The summed E-state index contributed by atoms with van der Waals surface area (Å²) in [6.45, 7) is 3.30. The molecule has 2 aromatic heterocycles. The van der Waals surface area contributed by atoms with Crippen LogP contribution in [0.4, 0.5) is 0 Å². The van der Waals surface area contributed by atoms with Gasteiger partial charge in [-0.15, -0.1) is 10.2 Å². The van der Waals surface area contributed by atoms with Crippen LogP contribution in [0.1, 0.15) is 38.6 Å². The van der Waals surface area contributed by atoms with Gasteiger partial charge >= 0.3 is 0 Å². The number of nitrogens with one attached hydrogen (secondary N) is 2. The third kappa shape index (κ3) is 3.79. The molecular formula is C21H25N5O2S. The number of H-pyrrole nitrogens is 1. The van der Waals surface area contributed by atoms with Crippen molar-refractivity contribution in [1.29, 1.82) is 0 Å². The molecule has 1 aromatic carbocycles. The predicted molar refractivity (Wildman–Crippen MR) is 113 cm³/mol. The van der Waals surface area contributed by atoms with Crippen molar-refractivity contribution < 1.29 is 9.53 Å². The van der Waals surface area contributed by atoms with Crippen LogP contribution in [0.3, 0.4) is 0 Å². The third-order valence-corrected chi connectivity index (χ3v) is 6.64. The fraction of sp³-hybridized carbons (Fsp3) is 0.476. The Bertz CT molecular complexity index is 1020.